The molecule has 0 aliphatic rings. The third-order valence-electron chi connectivity index (χ3n) is 10.8. The van der Waals surface area contributed by atoms with Crippen LogP contribution in [0.15, 0.2) is 188 Å². The summed E-state index contributed by atoms with van der Waals surface area (Å²) in [5.41, 5.74) is 11.6. The maximum atomic E-state index is 5.37. The zero-order valence-corrected chi connectivity index (χ0v) is 33.1. The molecule has 0 fully saturated rings. The molecular formula is C53H40N6. The number of hydrogen-bond acceptors (Lipinski definition) is 5. The van der Waals surface area contributed by atoms with E-state index in [4.69, 9.17) is 24.9 Å². The molecule has 0 amide bonds. The number of nitrogens with zero attached hydrogens (tertiary/aromatic N) is 6. The fraction of sp³-hybridized carbons (Fsp3) is 0.0755. The SMILES string of the molecule is CC(C)(C)c1ccc2c3ccccc3n(-c3ccc(-c4nc(-c5ccccc5)nc(-c5ccccc5)n4)cc3-c3nc(-c4ccccc4)cc(-c4ccccc4)n3)c2c1. The Hall–Kier alpha value is -7.57. The maximum Gasteiger partial charge on any atom is 0.164 e. The third kappa shape index (κ3) is 6.85. The van der Waals surface area contributed by atoms with Crippen molar-refractivity contribution < 1.29 is 0 Å². The predicted molar refractivity (Wildman–Crippen MR) is 241 cm³/mol. The van der Waals surface area contributed by atoms with E-state index in [2.05, 4.69) is 116 Å². The van der Waals surface area contributed by atoms with Crippen LogP contribution in [0.5, 0.6) is 0 Å². The molecule has 0 aliphatic carbocycles. The van der Waals surface area contributed by atoms with Crippen LogP contribution in [0.4, 0.5) is 0 Å². The molecule has 0 spiro atoms. The Balaban J connectivity index is 1.28. The fourth-order valence-corrected chi connectivity index (χ4v) is 7.76. The van der Waals surface area contributed by atoms with Gasteiger partial charge in [-0.25, -0.2) is 24.9 Å². The normalized spacial score (nSPS) is 11.6. The van der Waals surface area contributed by atoms with Crippen LogP contribution >= 0.6 is 0 Å². The molecule has 282 valence electrons. The molecule has 59 heavy (non-hydrogen) atoms. The first kappa shape index (κ1) is 35.8. The van der Waals surface area contributed by atoms with Crippen LogP contribution in [0.3, 0.4) is 0 Å². The summed E-state index contributed by atoms with van der Waals surface area (Å²) in [5, 5.41) is 2.37. The minimum atomic E-state index is -0.0501. The molecule has 7 aromatic carbocycles. The van der Waals surface area contributed by atoms with Gasteiger partial charge < -0.3 is 4.57 Å². The van der Waals surface area contributed by atoms with E-state index in [0.717, 1.165) is 61.5 Å². The minimum absolute atomic E-state index is 0.0501. The van der Waals surface area contributed by atoms with Crippen LogP contribution in [-0.2, 0) is 5.41 Å². The second-order valence-electron chi connectivity index (χ2n) is 15.8. The maximum absolute atomic E-state index is 5.37. The molecule has 3 heterocycles. The Bertz CT molecular complexity index is 3000. The van der Waals surface area contributed by atoms with Gasteiger partial charge in [-0.05, 0) is 47.4 Å². The van der Waals surface area contributed by atoms with Gasteiger partial charge in [0.05, 0.1) is 28.1 Å². The molecule has 6 heteroatoms. The van der Waals surface area contributed by atoms with Crippen molar-refractivity contribution in [2.24, 2.45) is 0 Å². The summed E-state index contributed by atoms with van der Waals surface area (Å²) in [6.45, 7) is 6.78. The summed E-state index contributed by atoms with van der Waals surface area (Å²) >= 11 is 0. The Morgan fingerprint density at radius 3 is 1.37 bits per heavy atom. The first-order valence-corrected chi connectivity index (χ1v) is 19.9. The lowest BCUT2D eigenvalue weighted by molar-refractivity contribution is 0.591. The molecule has 0 saturated carbocycles. The molecule has 0 radical (unpaired) electrons. The van der Waals surface area contributed by atoms with Crippen LogP contribution in [-0.4, -0.2) is 29.5 Å². The van der Waals surface area contributed by atoms with Crippen molar-refractivity contribution in [2.45, 2.75) is 26.2 Å². The predicted octanol–water partition coefficient (Wildman–Crippen LogP) is 13.1. The Kier molecular flexibility index (Phi) is 8.95. The first-order valence-electron chi connectivity index (χ1n) is 19.9. The monoisotopic (exact) mass is 760 g/mol. The number of fused-ring (bicyclic) bond motifs is 3. The lowest BCUT2D eigenvalue weighted by Gasteiger charge is -2.20. The molecular weight excluding hydrogens is 721 g/mol. The van der Waals surface area contributed by atoms with E-state index in [9.17, 15) is 0 Å². The highest BCUT2D eigenvalue weighted by Crippen LogP contribution is 2.40. The van der Waals surface area contributed by atoms with Crippen LogP contribution in [0.1, 0.15) is 26.3 Å². The molecule has 0 bridgehead atoms. The number of para-hydroxylation sites is 1. The summed E-state index contributed by atoms with van der Waals surface area (Å²) in [6.07, 6.45) is 0. The minimum Gasteiger partial charge on any atom is -0.308 e. The van der Waals surface area contributed by atoms with Crippen LogP contribution in [0, 0.1) is 0 Å². The van der Waals surface area contributed by atoms with Gasteiger partial charge in [-0.2, -0.15) is 0 Å². The van der Waals surface area contributed by atoms with Crippen molar-refractivity contribution in [3.63, 3.8) is 0 Å². The van der Waals surface area contributed by atoms with E-state index in [1.54, 1.807) is 0 Å². The van der Waals surface area contributed by atoms with E-state index in [1.807, 2.05) is 97.1 Å². The number of benzene rings is 7. The topological polar surface area (TPSA) is 69.4 Å². The van der Waals surface area contributed by atoms with Crippen LogP contribution in [0.2, 0.25) is 0 Å². The zero-order valence-electron chi connectivity index (χ0n) is 33.1. The number of aromatic nitrogens is 6. The summed E-state index contributed by atoms with van der Waals surface area (Å²) < 4.78 is 2.37. The second-order valence-corrected chi connectivity index (χ2v) is 15.8. The summed E-state index contributed by atoms with van der Waals surface area (Å²) in [5.74, 6) is 2.36. The molecule has 3 aromatic heterocycles. The molecule has 0 unspecified atom stereocenters. The van der Waals surface area contributed by atoms with E-state index in [0.29, 0.717) is 23.3 Å². The summed E-state index contributed by atoms with van der Waals surface area (Å²) in [7, 11) is 0. The molecule has 0 N–H and O–H groups in total. The average Bonchev–Trinajstić information content (AvgIpc) is 3.63. The quantitative estimate of drug-likeness (QED) is 0.162. The highest BCUT2D eigenvalue weighted by molar-refractivity contribution is 6.10. The highest BCUT2D eigenvalue weighted by atomic mass is 15.0. The van der Waals surface area contributed by atoms with E-state index in [-0.39, 0.29) is 5.41 Å². The van der Waals surface area contributed by atoms with Gasteiger partial charge in [0.1, 0.15) is 0 Å². The lowest BCUT2D eigenvalue weighted by Crippen LogP contribution is -2.11. The average molecular weight is 761 g/mol. The van der Waals surface area contributed by atoms with E-state index < -0.39 is 0 Å². The molecule has 0 aliphatic heterocycles. The fourth-order valence-electron chi connectivity index (χ4n) is 7.76. The van der Waals surface area contributed by atoms with Gasteiger partial charge >= 0.3 is 0 Å². The van der Waals surface area contributed by atoms with Gasteiger partial charge in [-0.3, -0.25) is 0 Å². The van der Waals surface area contributed by atoms with Crippen LogP contribution in [0.25, 0.3) is 95.6 Å². The molecule has 6 nitrogen and oxygen atoms in total. The largest absolute Gasteiger partial charge is 0.308 e. The molecule has 0 saturated heterocycles. The van der Waals surface area contributed by atoms with Gasteiger partial charge in [0.2, 0.25) is 0 Å². The smallest absolute Gasteiger partial charge is 0.164 e. The molecule has 10 aromatic rings. The van der Waals surface area contributed by atoms with E-state index >= 15 is 0 Å². The van der Waals surface area contributed by atoms with Crippen molar-refractivity contribution >= 4 is 21.8 Å². The Morgan fingerprint density at radius 1 is 0.356 bits per heavy atom. The van der Waals surface area contributed by atoms with Gasteiger partial charge in [0.15, 0.2) is 23.3 Å². The highest BCUT2D eigenvalue weighted by Gasteiger charge is 2.23. The van der Waals surface area contributed by atoms with Gasteiger partial charge in [-0.15, -0.1) is 0 Å². The Labute approximate surface area is 343 Å². The standard InChI is InChI=1S/C53H40N6/c1-53(2,3)40-29-30-42-41-26-16-17-27-46(41)59(48(42)33-40)47-31-28-39(51-57-49(37-22-12-6-13-23-37)56-50(58-51)38-24-14-7-15-25-38)32-43(47)52-54-44(35-18-8-4-9-19-35)34-45(55-52)36-20-10-5-11-21-36/h4-34H,1-3H3. The first-order chi connectivity index (χ1) is 28.9. The van der Waals surface area contributed by atoms with Gasteiger partial charge in [0.25, 0.3) is 0 Å². The van der Waals surface area contributed by atoms with Gasteiger partial charge in [-0.1, -0.05) is 172 Å². The summed E-state index contributed by atoms with van der Waals surface area (Å²) in [6, 6.07) is 64.8. The van der Waals surface area contributed by atoms with Crippen molar-refractivity contribution in [2.75, 3.05) is 0 Å². The van der Waals surface area contributed by atoms with Crippen molar-refractivity contribution in [1.82, 2.24) is 29.5 Å². The zero-order chi connectivity index (χ0) is 39.9. The van der Waals surface area contributed by atoms with Crippen LogP contribution < -0.4 is 0 Å². The Morgan fingerprint density at radius 2 is 0.831 bits per heavy atom. The van der Waals surface area contributed by atoms with Crippen molar-refractivity contribution in [3.05, 3.63) is 194 Å². The summed E-state index contributed by atoms with van der Waals surface area (Å²) in [4.78, 5) is 26.0. The second kappa shape index (κ2) is 14.7. The molecule has 0 atom stereocenters. The third-order valence-corrected chi connectivity index (χ3v) is 10.8. The lowest BCUT2D eigenvalue weighted by atomic mass is 9.86. The number of hydrogen-bond donors (Lipinski definition) is 0. The van der Waals surface area contributed by atoms with E-state index in [1.165, 1.54) is 16.3 Å². The molecule has 10 rings (SSSR count). The van der Waals surface area contributed by atoms with Crippen molar-refractivity contribution in [1.29, 1.82) is 0 Å². The van der Waals surface area contributed by atoms with Gasteiger partial charge in [0, 0.05) is 44.2 Å². The number of rotatable bonds is 7. The van der Waals surface area contributed by atoms with Crippen molar-refractivity contribution in [3.8, 4) is 73.8 Å².